The number of piperidine rings is 1. The second-order valence-corrected chi connectivity index (χ2v) is 6.80. The van der Waals surface area contributed by atoms with E-state index in [0.29, 0.717) is 5.91 Å². The van der Waals surface area contributed by atoms with E-state index in [-0.39, 0.29) is 5.41 Å². The molecule has 2 aliphatic heterocycles. The lowest BCUT2D eigenvalue weighted by molar-refractivity contribution is -0.136. The Kier molecular flexibility index (Phi) is 3.87. The molecule has 20 heavy (non-hydrogen) atoms. The molecule has 3 nitrogen and oxygen atoms in total. The monoisotopic (exact) mass is 337 g/mol. The summed E-state index contributed by atoms with van der Waals surface area (Å²) in [7, 11) is 0. The summed E-state index contributed by atoms with van der Waals surface area (Å²) in [5, 5.41) is 0. The van der Waals surface area contributed by atoms with Gasteiger partial charge in [0.25, 0.3) is 0 Å². The first kappa shape index (κ1) is 14.1. The number of anilines is 1. The molecule has 2 saturated heterocycles. The Morgan fingerprint density at radius 1 is 1.25 bits per heavy atom. The average molecular weight is 338 g/mol. The number of benzene rings is 1. The summed E-state index contributed by atoms with van der Waals surface area (Å²) < 4.78 is 6.51. The number of hydrogen-bond donors (Lipinski definition) is 0. The lowest BCUT2D eigenvalue weighted by atomic mass is 9.73. The van der Waals surface area contributed by atoms with Gasteiger partial charge in [0.1, 0.15) is 0 Å². The van der Waals surface area contributed by atoms with Gasteiger partial charge in [-0.25, -0.2) is 0 Å². The fourth-order valence-corrected chi connectivity index (χ4v) is 3.92. The largest absolute Gasteiger partial charge is 0.381 e. The van der Waals surface area contributed by atoms with E-state index in [1.165, 1.54) is 0 Å². The SMILES string of the molecule is Cc1cc(Br)ccc1N1CCCC2(CCOCC2)C1=O. The summed E-state index contributed by atoms with van der Waals surface area (Å²) >= 11 is 3.49. The predicted octanol–water partition coefficient (Wildman–Crippen LogP) is 3.68. The van der Waals surface area contributed by atoms with E-state index in [1.54, 1.807) is 0 Å². The van der Waals surface area contributed by atoms with Gasteiger partial charge in [-0.05, 0) is 56.4 Å². The van der Waals surface area contributed by atoms with Crippen molar-refractivity contribution in [1.29, 1.82) is 0 Å². The lowest BCUT2D eigenvalue weighted by Crippen LogP contribution is -2.51. The minimum Gasteiger partial charge on any atom is -0.381 e. The zero-order valence-electron chi connectivity index (χ0n) is 11.8. The second kappa shape index (κ2) is 5.49. The van der Waals surface area contributed by atoms with E-state index < -0.39 is 0 Å². The molecule has 0 bridgehead atoms. The molecule has 1 aromatic rings. The maximum atomic E-state index is 13.0. The highest BCUT2D eigenvalue weighted by Gasteiger charge is 2.45. The Morgan fingerprint density at radius 3 is 2.70 bits per heavy atom. The van der Waals surface area contributed by atoms with Crippen LogP contribution in [0.3, 0.4) is 0 Å². The number of halogens is 1. The third-order valence-electron chi connectivity index (χ3n) is 4.64. The number of nitrogens with zero attached hydrogens (tertiary/aromatic N) is 1. The number of carbonyl (C=O) groups excluding carboxylic acids is 1. The molecule has 1 spiro atoms. The van der Waals surface area contributed by atoms with Crippen LogP contribution in [0.2, 0.25) is 0 Å². The maximum Gasteiger partial charge on any atom is 0.233 e. The van der Waals surface area contributed by atoms with Gasteiger partial charge in [0, 0.05) is 29.9 Å². The molecule has 108 valence electrons. The van der Waals surface area contributed by atoms with E-state index in [1.807, 2.05) is 11.0 Å². The number of rotatable bonds is 1. The van der Waals surface area contributed by atoms with Gasteiger partial charge in [-0.1, -0.05) is 15.9 Å². The van der Waals surface area contributed by atoms with Crippen molar-refractivity contribution in [1.82, 2.24) is 0 Å². The molecule has 0 aliphatic carbocycles. The molecule has 0 radical (unpaired) electrons. The maximum absolute atomic E-state index is 13.0. The van der Waals surface area contributed by atoms with Crippen molar-refractivity contribution < 1.29 is 9.53 Å². The molecule has 0 N–H and O–H groups in total. The van der Waals surface area contributed by atoms with Crippen molar-refractivity contribution in [2.45, 2.75) is 32.6 Å². The van der Waals surface area contributed by atoms with Gasteiger partial charge >= 0.3 is 0 Å². The van der Waals surface area contributed by atoms with Crippen molar-refractivity contribution >= 4 is 27.5 Å². The number of carbonyl (C=O) groups is 1. The number of hydrogen-bond acceptors (Lipinski definition) is 2. The molecular weight excluding hydrogens is 318 g/mol. The number of amides is 1. The number of aryl methyl sites for hydroxylation is 1. The fourth-order valence-electron chi connectivity index (χ4n) is 3.45. The minimum absolute atomic E-state index is 0.171. The van der Waals surface area contributed by atoms with Crippen LogP contribution in [0.1, 0.15) is 31.2 Å². The van der Waals surface area contributed by atoms with E-state index in [9.17, 15) is 4.79 Å². The Labute approximate surface area is 128 Å². The van der Waals surface area contributed by atoms with Gasteiger partial charge in [0.15, 0.2) is 0 Å². The van der Waals surface area contributed by atoms with Crippen LogP contribution in [0.25, 0.3) is 0 Å². The van der Waals surface area contributed by atoms with Crippen molar-refractivity contribution in [3.8, 4) is 0 Å². The normalized spacial score (nSPS) is 22.3. The molecule has 4 heteroatoms. The van der Waals surface area contributed by atoms with E-state index in [4.69, 9.17) is 4.74 Å². The fraction of sp³-hybridized carbons (Fsp3) is 0.562. The summed E-state index contributed by atoms with van der Waals surface area (Å²) in [6.45, 7) is 4.35. The molecular formula is C16H20BrNO2. The Hall–Kier alpha value is -0.870. The average Bonchev–Trinajstić information content (AvgIpc) is 2.44. The summed E-state index contributed by atoms with van der Waals surface area (Å²) in [5.74, 6) is 0.303. The summed E-state index contributed by atoms with van der Waals surface area (Å²) in [5.41, 5.74) is 2.04. The predicted molar refractivity (Wildman–Crippen MR) is 83.0 cm³/mol. The van der Waals surface area contributed by atoms with Crippen molar-refractivity contribution in [2.24, 2.45) is 5.41 Å². The zero-order chi connectivity index (χ0) is 14.2. The smallest absolute Gasteiger partial charge is 0.233 e. The highest BCUT2D eigenvalue weighted by atomic mass is 79.9. The van der Waals surface area contributed by atoms with Crippen LogP contribution in [-0.2, 0) is 9.53 Å². The molecule has 2 aliphatic rings. The van der Waals surface area contributed by atoms with Crippen molar-refractivity contribution in [3.63, 3.8) is 0 Å². The van der Waals surface area contributed by atoms with Crippen LogP contribution >= 0.6 is 15.9 Å². The standard InChI is InChI=1S/C16H20BrNO2/c1-12-11-13(17)3-4-14(12)18-8-2-5-16(15(18)19)6-9-20-10-7-16/h3-4,11H,2,5-10H2,1H3. The number of ether oxygens (including phenoxy) is 1. The molecule has 2 heterocycles. The zero-order valence-corrected chi connectivity index (χ0v) is 13.4. The van der Waals surface area contributed by atoms with E-state index in [2.05, 4.69) is 35.0 Å². The molecule has 1 aromatic carbocycles. The van der Waals surface area contributed by atoms with E-state index >= 15 is 0 Å². The third kappa shape index (κ3) is 2.40. The highest BCUT2D eigenvalue weighted by Crippen LogP contribution is 2.42. The van der Waals surface area contributed by atoms with Gasteiger partial charge < -0.3 is 9.64 Å². The second-order valence-electron chi connectivity index (χ2n) is 5.88. The van der Waals surface area contributed by atoms with Crippen LogP contribution in [0.15, 0.2) is 22.7 Å². The van der Waals surface area contributed by atoms with E-state index in [0.717, 1.165) is 61.2 Å². The Morgan fingerprint density at radius 2 is 2.00 bits per heavy atom. The summed E-state index contributed by atoms with van der Waals surface area (Å²) in [6.07, 6.45) is 3.85. The quantitative estimate of drug-likeness (QED) is 0.782. The molecule has 0 unspecified atom stereocenters. The van der Waals surface area contributed by atoms with Crippen molar-refractivity contribution in [3.05, 3.63) is 28.2 Å². The molecule has 1 amide bonds. The molecule has 0 saturated carbocycles. The Balaban J connectivity index is 1.91. The minimum atomic E-state index is -0.171. The molecule has 0 atom stereocenters. The molecule has 0 aromatic heterocycles. The molecule has 2 fully saturated rings. The van der Waals surface area contributed by atoms with Crippen LogP contribution in [0.5, 0.6) is 0 Å². The lowest BCUT2D eigenvalue weighted by Gasteiger charge is -2.44. The van der Waals surface area contributed by atoms with Gasteiger partial charge in [-0.2, -0.15) is 0 Å². The van der Waals surface area contributed by atoms with Gasteiger partial charge in [0.2, 0.25) is 5.91 Å². The van der Waals surface area contributed by atoms with Crippen molar-refractivity contribution in [2.75, 3.05) is 24.7 Å². The van der Waals surface area contributed by atoms with Gasteiger partial charge in [-0.15, -0.1) is 0 Å². The first-order valence-electron chi connectivity index (χ1n) is 7.28. The van der Waals surface area contributed by atoms with Crippen LogP contribution in [0, 0.1) is 12.3 Å². The van der Waals surface area contributed by atoms with Gasteiger partial charge in [0.05, 0.1) is 5.41 Å². The third-order valence-corrected chi connectivity index (χ3v) is 5.13. The van der Waals surface area contributed by atoms with Gasteiger partial charge in [-0.3, -0.25) is 4.79 Å². The first-order valence-corrected chi connectivity index (χ1v) is 8.08. The highest BCUT2D eigenvalue weighted by molar-refractivity contribution is 9.10. The first-order chi connectivity index (χ1) is 9.62. The topological polar surface area (TPSA) is 29.5 Å². The summed E-state index contributed by atoms with van der Waals surface area (Å²) in [6, 6.07) is 6.14. The van der Waals surface area contributed by atoms with Crippen LogP contribution in [-0.4, -0.2) is 25.7 Å². The molecule has 3 rings (SSSR count). The van der Waals surface area contributed by atoms with Crippen LogP contribution in [0.4, 0.5) is 5.69 Å². The summed E-state index contributed by atoms with van der Waals surface area (Å²) in [4.78, 5) is 15.0. The van der Waals surface area contributed by atoms with Crippen LogP contribution < -0.4 is 4.90 Å². The Bertz CT molecular complexity index is 518.